The summed E-state index contributed by atoms with van der Waals surface area (Å²) in [6.45, 7) is 2.52. The molecule has 0 bridgehead atoms. The zero-order valence-corrected chi connectivity index (χ0v) is 15.7. The van der Waals surface area contributed by atoms with Crippen molar-refractivity contribution in [3.63, 3.8) is 0 Å². The molecule has 0 atom stereocenters. The average molecular weight is 399 g/mol. The third-order valence-electron chi connectivity index (χ3n) is 3.63. The van der Waals surface area contributed by atoms with Crippen LogP contribution in [0.1, 0.15) is 12.5 Å². The molecule has 0 heterocycles. The smallest absolute Gasteiger partial charge is 0.313 e. The Labute approximate surface area is 157 Å². The van der Waals surface area contributed by atoms with Gasteiger partial charge in [0.1, 0.15) is 5.75 Å². The van der Waals surface area contributed by atoms with Crippen molar-refractivity contribution in [3.05, 3.63) is 63.2 Å². The third-order valence-corrected chi connectivity index (χ3v) is 5.57. The Bertz CT molecular complexity index is 869. The van der Waals surface area contributed by atoms with Gasteiger partial charge in [-0.2, -0.15) is 0 Å². The van der Waals surface area contributed by atoms with Gasteiger partial charge in [0.05, 0.1) is 10.7 Å². The van der Waals surface area contributed by atoms with Crippen molar-refractivity contribution in [2.24, 2.45) is 0 Å². The Balaban J connectivity index is 1.95. The highest BCUT2D eigenvalue weighted by atomic mass is 35.5. The van der Waals surface area contributed by atoms with Crippen LogP contribution >= 0.6 is 11.6 Å². The Morgan fingerprint density at radius 1 is 1.19 bits per heavy atom. The highest BCUT2D eigenvalue weighted by Crippen LogP contribution is 2.33. The van der Waals surface area contributed by atoms with Gasteiger partial charge in [0.2, 0.25) is 5.75 Å². The lowest BCUT2D eigenvalue weighted by atomic mass is 10.2. The third kappa shape index (κ3) is 5.98. The van der Waals surface area contributed by atoms with Gasteiger partial charge in [-0.05, 0) is 29.8 Å². The van der Waals surface area contributed by atoms with Gasteiger partial charge in [-0.3, -0.25) is 10.1 Å². The van der Waals surface area contributed by atoms with Crippen LogP contribution in [-0.4, -0.2) is 31.4 Å². The number of nitrogens with zero attached hydrogens (tertiary/aromatic N) is 1. The van der Waals surface area contributed by atoms with Crippen LogP contribution in [-0.2, 0) is 16.4 Å². The lowest BCUT2D eigenvalue weighted by Gasteiger charge is -2.08. The number of sulfone groups is 1. The molecular weight excluding hydrogens is 380 g/mol. The van der Waals surface area contributed by atoms with Gasteiger partial charge in [0.25, 0.3) is 0 Å². The zero-order chi connectivity index (χ0) is 19.2. The second-order valence-corrected chi connectivity index (χ2v) is 8.44. The van der Waals surface area contributed by atoms with Crippen LogP contribution in [0.4, 0.5) is 5.69 Å². The molecule has 0 aromatic heterocycles. The van der Waals surface area contributed by atoms with E-state index in [-0.39, 0.29) is 28.0 Å². The van der Waals surface area contributed by atoms with Crippen LogP contribution in [0.25, 0.3) is 0 Å². The molecule has 9 heteroatoms. The summed E-state index contributed by atoms with van der Waals surface area (Å²) in [5.41, 5.74) is 0.734. The predicted molar refractivity (Wildman–Crippen MR) is 101 cm³/mol. The van der Waals surface area contributed by atoms with E-state index in [1.54, 1.807) is 31.2 Å². The van der Waals surface area contributed by atoms with Crippen molar-refractivity contribution < 1.29 is 18.1 Å². The van der Waals surface area contributed by atoms with E-state index in [2.05, 4.69) is 5.32 Å². The molecule has 1 N–H and O–H groups in total. The van der Waals surface area contributed by atoms with Crippen LogP contribution in [0.2, 0.25) is 5.02 Å². The van der Waals surface area contributed by atoms with Gasteiger partial charge in [-0.25, -0.2) is 8.42 Å². The van der Waals surface area contributed by atoms with Gasteiger partial charge >= 0.3 is 5.69 Å². The molecule has 2 rings (SSSR count). The summed E-state index contributed by atoms with van der Waals surface area (Å²) in [6, 6.07) is 11.2. The Morgan fingerprint density at radius 2 is 1.88 bits per heavy atom. The van der Waals surface area contributed by atoms with Crippen molar-refractivity contribution in [2.45, 2.75) is 13.5 Å². The van der Waals surface area contributed by atoms with E-state index in [9.17, 15) is 18.5 Å². The number of benzene rings is 2. The molecule has 26 heavy (non-hydrogen) atoms. The van der Waals surface area contributed by atoms with Gasteiger partial charge in [-0.1, -0.05) is 30.7 Å². The normalized spacial score (nSPS) is 11.3. The molecular formula is C17H19ClN2O5S. The van der Waals surface area contributed by atoms with Crippen LogP contribution in [0.5, 0.6) is 11.5 Å². The maximum atomic E-state index is 11.4. The molecule has 140 valence electrons. The summed E-state index contributed by atoms with van der Waals surface area (Å²) in [5.74, 6) is 0.797. The van der Waals surface area contributed by atoms with Crippen molar-refractivity contribution in [3.8, 4) is 11.5 Å². The van der Waals surface area contributed by atoms with E-state index in [1.807, 2.05) is 0 Å². The molecule has 7 nitrogen and oxygen atoms in total. The topological polar surface area (TPSA) is 98.5 Å². The van der Waals surface area contributed by atoms with Crippen molar-refractivity contribution >= 4 is 27.1 Å². The van der Waals surface area contributed by atoms with E-state index in [1.165, 1.54) is 18.2 Å². The molecule has 0 fully saturated rings. The molecule has 0 saturated carbocycles. The van der Waals surface area contributed by atoms with Gasteiger partial charge in [0, 0.05) is 29.9 Å². The second kappa shape index (κ2) is 8.98. The number of ether oxygens (including phenoxy) is 1. The molecule has 0 spiro atoms. The summed E-state index contributed by atoms with van der Waals surface area (Å²) in [7, 11) is -2.98. The number of hydrogen-bond donors (Lipinski definition) is 1. The highest BCUT2D eigenvalue weighted by molar-refractivity contribution is 7.91. The average Bonchev–Trinajstić information content (AvgIpc) is 2.61. The predicted octanol–water partition coefficient (Wildman–Crippen LogP) is 3.56. The number of nitrogens with one attached hydrogen (secondary N) is 1. The van der Waals surface area contributed by atoms with E-state index >= 15 is 0 Å². The van der Waals surface area contributed by atoms with E-state index in [4.69, 9.17) is 16.3 Å². The molecule has 0 aliphatic rings. The Morgan fingerprint density at radius 3 is 2.50 bits per heavy atom. The monoisotopic (exact) mass is 398 g/mol. The van der Waals surface area contributed by atoms with E-state index in [0.717, 1.165) is 5.56 Å². The second-order valence-electron chi connectivity index (χ2n) is 5.53. The SMILES string of the molecule is CCS(=O)(=O)CCNCc1ccc(Oc2ccc(Cl)cc2[N+](=O)[O-])cc1. The number of hydrogen-bond acceptors (Lipinski definition) is 6. The summed E-state index contributed by atoms with van der Waals surface area (Å²) < 4.78 is 28.4. The molecule has 0 saturated heterocycles. The van der Waals surface area contributed by atoms with Gasteiger partial charge < -0.3 is 10.1 Å². The maximum Gasteiger partial charge on any atom is 0.313 e. The Kier molecular flexibility index (Phi) is 6.96. The number of nitro benzene ring substituents is 1. The van der Waals surface area contributed by atoms with Gasteiger partial charge in [0.15, 0.2) is 9.84 Å². The number of halogens is 1. The zero-order valence-electron chi connectivity index (χ0n) is 14.1. The van der Waals surface area contributed by atoms with Crippen molar-refractivity contribution in [1.82, 2.24) is 5.32 Å². The minimum absolute atomic E-state index is 0.102. The quantitative estimate of drug-likeness (QED) is 0.394. The molecule has 0 aliphatic heterocycles. The molecule has 2 aromatic carbocycles. The Hall–Kier alpha value is -2.16. The fourth-order valence-corrected chi connectivity index (χ4v) is 3.04. The maximum absolute atomic E-state index is 11.4. The largest absolute Gasteiger partial charge is 0.450 e. The minimum Gasteiger partial charge on any atom is -0.450 e. The molecule has 0 radical (unpaired) electrons. The first-order chi connectivity index (χ1) is 12.3. The number of nitro groups is 1. The first kappa shape index (κ1) is 20.2. The van der Waals surface area contributed by atoms with E-state index < -0.39 is 14.8 Å². The highest BCUT2D eigenvalue weighted by Gasteiger charge is 2.16. The number of rotatable bonds is 9. The minimum atomic E-state index is -2.98. The molecule has 2 aromatic rings. The van der Waals surface area contributed by atoms with Crippen molar-refractivity contribution in [2.75, 3.05) is 18.1 Å². The first-order valence-electron chi connectivity index (χ1n) is 7.92. The summed E-state index contributed by atoms with van der Waals surface area (Å²) in [5, 5.41) is 14.4. The van der Waals surface area contributed by atoms with Gasteiger partial charge in [-0.15, -0.1) is 0 Å². The van der Waals surface area contributed by atoms with E-state index in [0.29, 0.717) is 18.8 Å². The van der Waals surface area contributed by atoms with Crippen LogP contribution < -0.4 is 10.1 Å². The van der Waals surface area contributed by atoms with Crippen LogP contribution in [0.3, 0.4) is 0 Å². The lowest BCUT2D eigenvalue weighted by Crippen LogP contribution is -2.23. The first-order valence-corrected chi connectivity index (χ1v) is 10.1. The van der Waals surface area contributed by atoms with Crippen molar-refractivity contribution in [1.29, 1.82) is 0 Å². The lowest BCUT2D eigenvalue weighted by molar-refractivity contribution is -0.385. The standard InChI is InChI=1S/C17H19ClN2O5S/c1-2-26(23,24)10-9-19-12-13-3-6-15(7-4-13)25-17-8-5-14(18)11-16(17)20(21)22/h3-8,11,19H,2,9-10,12H2,1H3. The summed E-state index contributed by atoms with van der Waals surface area (Å²) >= 11 is 5.78. The molecule has 0 unspecified atom stereocenters. The van der Waals surface area contributed by atoms with Crippen LogP contribution in [0, 0.1) is 10.1 Å². The van der Waals surface area contributed by atoms with Crippen LogP contribution in [0.15, 0.2) is 42.5 Å². The fourth-order valence-electron chi connectivity index (χ4n) is 2.13. The molecule has 0 amide bonds. The summed E-state index contributed by atoms with van der Waals surface area (Å²) in [6.07, 6.45) is 0. The fraction of sp³-hybridized carbons (Fsp3) is 0.294. The summed E-state index contributed by atoms with van der Waals surface area (Å²) in [4.78, 5) is 10.5. The molecule has 0 aliphatic carbocycles.